The van der Waals surface area contributed by atoms with E-state index in [-0.39, 0.29) is 12.1 Å². The minimum Gasteiger partial charge on any atom is -0.394 e. The Hall–Kier alpha value is -1.06. The summed E-state index contributed by atoms with van der Waals surface area (Å²) in [7, 11) is 0. The Morgan fingerprint density at radius 1 is 1.47 bits per heavy atom. The molecule has 1 aromatic carbocycles. The monoisotopic (exact) mass is 260 g/mol. The fourth-order valence-electron chi connectivity index (χ4n) is 3.67. The second-order valence-corrected chi connectivity index (χ2v) is 6.35. The lowest BCUT2D eigenvalue weighted by atomic mass is 9.96. The van der Waals surface area contributed by atoms with Crippen molar-refractivity contribution >= 4 is 5.69 Å². The van der Waals surface area contributed by atoms with Crippen LogP contribution in [0.15, 0.2) is 18.2 Å². The maximum absolute atomic E-state index is 9.43. The first kappa shape index (κ1) is 12.9. The van der Waals surface area contributed by atoms with Crippen LogP contribution in [0.2, 0.25) is 0 Å². The molecule has 1 saturated carbocycles. The Bertz CT molecular complexity index is 474. The molecule has 2 atom stereocenters. The van der Waals surface area contributed by atoms with Crippen LogP contribution < -0.4 is 10.6 Å². The smallest absolute Gasteiger partial charge is 0.0612 e. The van der Waals surface area contributed by atoms with Crippen molar-refractivity contribution in [2.75, 3.05) is 18.1 Å². The minimum atomic E-state index is -0.354. The third kappa shape index (κ3) is 2.37. The first-order valence-electron chi connectivity index (χ1n) is 7.37. The van der Waals surface area contributed by atoms with Crippen LogP contribution in [-0.2, 0) is 6.42 Å². The number of anilines is 1. The summed E-state index contributed by atoms with van der Waals surface area (Å²) in [5.74, 6) is 0. The summed E-state index contributed by atoms with van der Waals surface area (Å²) in [4.78, 5) is 2.53. The molecule has 1 aliphatic carbocycles. The van der Waals surface area contributed by atoms with Gasteiger partial charge in [0.15, 0.2) is 0 Å². The predicted octanol–water partition coefficient (Wildman–Crippen LogP) is 1.99. The molecule has 0 bridgehead atoms. The van der Waals surface area contributed by atoms with Gasteiger partial charge in [0, 0.05) is 23.8 Å². The van der Waals surface area contributed by atoms with Gasteiger partial charge in [0.25, 0.3) is 0 Å². The number of rotatable bonds is 2. The van der Waals surface area contributed by atoms with E-state index in [1.807, 2.05) is 0 Å². The highest BCUT2D eigenvalue weighted by Crippen LogP contribution is 2.37. The number of nitrogens with two attached hydrogens (primary N) is 1. The molecule has 1 aromatic rings. The summed E-state index contributed by atoms with van der Waals surface area (Å²) in [5.41, 5.74) is 10.1. The fourth-order valence-corrected chi connectivity index (χ4v) is 3.67. The van der Waals surface area contributed by atoms with E-state index in [0.29, 0.717) is 6.04 Å². The minimum absolute atomic E-state index is 0.109. The van der Waals surface area contributed by atoms with Crippen molar-refractivity contribution in [1.82, 2.24) is 0 Å². The molecule has 2 aliphatic rings. The highest BCUT2D eigenvalue weighted by atomic mass is 16.3. The number of aliphatic hydroxyl groups is 1. The van der Waals surface area contributed by atoms with Crippen molar-refractivity contribution < 1.29 is 5.11 Å². The van der Waals surface area contributed by atoms with E-state index in [1.54, 1.807) is 0 Å². The number of aliphatic hydroxyl groups excluding tert-OH is 1. The molecule has 0 aromatic heterocycles. The molecule has 0 amide bonds. The zero-order chi connectivity index (χ0) is 13.5. The third-order valence-electron chi connectivity index (χ3n) is 4.76. The molecule has 104 valence electrons. The predicted molar refractivity (Wildman–Crippen MR) is 78.5 cm³/mol. The van der Waals surface area contributed by atoms with Gasteiger partial charge in [-0.05, 0) is 50.7 Å². The lowest BCUT2D eigenvalue weighted by molar-refractivity contribution is 0.198. The quantitative estimate of drug-likeness (QED) is 0.855. The summed E-state index contributed by atoms with van der Waals surface area (Å²) in [6.45, 7) is 3.39. The van der Waals surface area contributed by atoms with E-state index in [1.165, 1.54) is 29.7 Å². The molecular formula is C16H24N2O. The van der Waals surface area contributed by atoms with E-state index in [9.17, 15) is 5.11 Å². The van der Waals surface area contributed by atoms with E-state index < -0.39 is 0 Å². The Morgan fingerprint density at radius 3 is 3.05 bits per heavy atom. The lowest BCUT2D eigenvalue weighted by Crippen LogP contribution is -2.44. The van der Waals surface area contributed by atoms with Crippen molar-refractivity contribution in [2.45, 2.75) is 50.6 Å². The first-order chi connectivity index (χ1) is 9.11. The number of fused-ring (bicyclic) bond motifs is 1. The molecule has 3 heteroatoms. The average Bonchev–Trinajstić information content (AvgIpc) is 2.81. The van der Waals surface area contributed by atoms with Gasteiger partial charge in [-0.25, -0.2) is 0 Å². The number of nitrogens with zero attached hydrogens (tertiary/aromatic N) is 1. The zero-order valence-electron chi connectivity index (χ0n) is 11.7. The number of aryl methyl sites for hydroxylation is 2. The SMILES string of the molecule is Cc1ccc2c(c1)CCCN2C1CCC(N)(CO)C1. The van der Waals surface area contributed by atoms with Gasteiger partial charge in [-0.2, -0.15) is 0 Å². The van der Waals surface area contributed by atoms with E-state index in [2.05, 4.69) is 30.0 Å². The normalized spacial score (nSPS) is 30.5. The van der Waals surface area contributed by atoms with Crippen molar-refractivity contribution in [3.05, 3.63) is 29.3 Å². The Morgan fingerprint density at radius 2 is 2.32 bits per heavy atom. The highest BCUT2D eigenvalue weighted by Gasteiger charge is 2.38. The summed E-state index contributed by atoms with van der Waals surface area (Å²) < 4.78 is 0. The van der Waals surface area contributed by atoms with Gasteiger partial charge in [-0.15, -0.1) is 0 Å². The summed E-state index contributed by atoms with van der Waals surface area (Å²) in [5, 5.41) is 9.43. The van der Waals surface area contributed by atoms with Crippen molar-refractivity contribution in [3.63, 3.8) is 0 Å². The van der Waals surface area contributed by atoms with Gasteiger partial charge in [0.2, 0.25) is 0 Å². The molecule has 0 spiro atoms. The largest absolute Gasteiger partial charge is 0.394 e. The maximum Gasteiger partial charge on any atom is 0.0612 e. The third-order valence-corrected chi connectivity index (χ3v) is 4.76. The molecule has 0 radical (unpaired) electrons. The number of hydrogen-bond donors (Lipinski definition) is 2. The molecule has 1 fully saturated rings. The van der Waals surface area contributed by atoms with Crippen LogP contribution in [0, 0.1) is 6.92 Å². The second-order valence-electron chi connectivity index (χ2n) is 6.35. The summed E-state index contributed by atoms with van der Waals surface area (Å²) in [6, 6.07) is 7.28. The molecule has 3 nitrogen and oxygen atoms in total. The molecular weight excluding hydrogens is 236 g/mol. The van der Waals surface area contributed by atoms with Gasteiger partial charge in [-0.1, -0.05) is 17.7 Å². The Balaban J connectivity index is 1.85. The number of benzene rings is 1. The lowest BCUT2D eigenvalue weighted by Gasteiger charge is -2.37. The molecule has 1 heterocycles. The van der Waals surface area contributed by atoms with Crippen molar-refractivity contribution in [3.8, 4) is 0 Å². The summed E-state index contributed by atoms with van der Waals surface area (Å²) >= 11 is 0. The molecule has 3 N–H and O–H groups in total. The standard InChI is InChI=1S/C16H24N2O/c1-12-4-5-15-13(9-12)3-2-8-18(15)14-6-7-16(17,10-14)11-19/h4-5,9,14,19H,2-3,6-8,10-11,17H2,1H3. The van der Waals surface area contributed by atoms with E-state index in [0.717, 1.165) is 25.8 Å². The van der Waals surface area contributed by atoms with Gasteiger partial charge in [0.1, 0.15) is 0 Å². The van der Waals surface area contributed by atoms with Gasteiger partial charge in [0.05, 0.1) is 6.61 Å². The van der Waals surface area contributed by atoms with Crippen LogP contribution in [0.25, 0.3) is 0 Å². The van der Waals surface area contributed by atoms with Crippen LogP contribution >= 0.6 is 0 Å². The average molecular weight is 260 g/mol. The Kier molecular flexibility index (Phi) is 3.27. The Labute approximate surface area is 115 Å². The maximum atomic E-state index is 9.43. The molecule has 3 rings (SSSR count). The number of hydrogen-bond acceptors (Lipinski definition) is 3. The van der Waals surface area contributed by atoms with Gasteiger partial charge < -0.3 is 15.7 Å². The molecule has 0 saturated heterocycles. The van der Waals surface area contributed by atoms with Gasteiger partial charge in [-0.3, -0.25) is 0 Å². The van der Waals surface area contributed by atoms with Crippen LogP contribution in [0.1, 0.15) is 36.8 Å². The van der Waals surface area contributed by atoms with Gasteiger partial charge >= 0.3 is 0 Å². The van der Waals surface area contributed by atoms with E-state index in [4.69, 9.17) is 5.73 Å². The molecule has 1 aliphatic heterocycles. The highest BCUT2D eigenvalue weighted by molar-refractivity contribution is 5.57. The van der Waals surface area contributed by atoms with E-state index >= 15 is 0 Å². The van der Waals surface area contributed by atoms with Crippen LogP contribution in [0.3, 0.4) is 0 Å². The summed E-state index contributed by atoms with van der Waals surface area (Å²) in [6.07, 6.45) is 5.37. The van der Waals surface area contributed by atoms with Crippen LogP contribution in [-0.4, -0.2) is 29.8 Å². The van der Waals surface area contributed by atoms with Crippen molar-refractivity contribution in [2.24, 2.45) is 5.73 Å². The molecule has 2 unspecified atom stereocenters. The van der Waals surface area contributed by atoms with Crippen LogP contribution in [0.4, 0.5) is 5.69 Å². The first-order valence-corrected chi connectivity index (χ1v) is 7.37. The topological polar surface area (TPSA) is 49.5 Å². The second kappa shape index (κ2) is 4.80. The van der Waals surface area contributed by atoms with Crippen LogP contribution in [0.5, 0.6) is 0 Å². The fraction of sp³-hybridized carbons (Fsp3) is 0.625. The molecule has 19 heavy (non-hydrogen) atoms. The zero-order valence-corrected chi connectivity index (χ0v) is 11.7. The van der Waals surface area contributed by atoms with Crippen molar-refractivity contribution in [1.29, 1.82) is 0 Å².